The molecule has 1 amide bonds. The molecular weight excluding hydrogens is 1330 g/mol. The second-order valence-electron chi connectivity index (χ2n) is 32.4. The molecule has 9 rings (SSSR count). The number of esters is 1. The summed E-state index contributed by atoms with van der Waals surface area (Å²) in [7, 11) is 6.33. The fourth-order valence-corrected chi connectivity index (χ4v) is 19.0. The number of carbonyl (C=O) groups is 5. The normalized spacial score (nSPS) is 36.1. The summed E-state index contributed by atoms with van der Waals surface area (Å²) in [5.41, 5.74) is 5.85. The minimum absolute atomic E-state index is 0.0158. The van der Waals surface area contributed by atoms with Crippen molar-refractivity contribution in [2.75, 3.05) is 67.9 Å². The number of ether oxygens (including phenoxy) is 8. The fraction of sp³-hybridized carbons (Fsp3) is 0.709. The summed E-state index contributed by atoms with van der Waals surface area (Å²) in [5.74, 6) is -2.21. The number of hydrogen-bond donors (Lipinski definition) is 4. The molecule has 0 unspecified atom stereocenters. The van der Waals surface area contributed by atoms with E-state index in [0.717, 1.165) is 80.3 Å². The quantitative estimate of drug-likeness (QED) is 0.0615. The first-order valence-corrected chi connectivity index (χ1v) is 39.7. The Kier molecular flexibility index (Phi) is 32.1. The number of fused-ring (bicyclic) bond motifs is 8. The van der Waals surface area contributed by atoms with E-state index >= 15 is 0 Å². The number of phenolic OH excluding ortho intramolecular Hbond substituents is 1. The van der Waals surface area contributed by atoms with Crippen LogP contribution in [0.1, 0.15) is 208 Å². The van der Waals surface area contributed by atoms with E-state index in [4.69, 9.17) is 37.9 Å². The van der Waals surface area contributed by atoms with Crippen molar-refractivity contribution in [2.45, 2.75) is 259 Å². The highest BCUT2D eigenvalue weighted by atomic mass is 16.6. The number of piperidine rings is 1. The van der Waals surface area contributed by atoms with E-state index in [1.54, 1.807) is 48.2 Å². The maximum Gasteiger partial charge on any atom is 0.329 e. The van der Waals surface area contributed by atoms with Gasteiger partial charge >= 0.3 is 5.97 Å². The van der Waals surface area contributed by atoms with Crippen LogP contribution in [0.4, 0.5) is 0 Å². The van der Waals surface area contributed by atoms with Gasteiger partial charge in [-0.3, -0.25) is 24.1 Å². The number of cyclic esters (lactones) is 1. The number of benzene rings is 2. The van der Waals surface area contributed by atoms with Gasteiger partial charge in [0.05, 0.1) is 51.3 Å². The zero-order valence-electron chi connectivity index (χ0n) is 66.1. The number of methoxy groups -OCH3 is 4. The van der Waals surface area contributed by atoms with Gasteiger partial charge in [-0.15, -0.1) is 0 Å². The topological polar surface area (TPSA) is 247 Å². The number of rotatable bonds is 18. The zero-order valence-corrected chi connectivity index (χ0v) is 66.1. The predicted octanol–water partition coefficient (Wildman–Crippen LogP) is 13.6. The van der Waals surface area contributed by atoms with E-state index in [1.807, 2.05) is 70.2 Å². The van der Waals surface area contributed by atoms with Crippen molar-refractivity contribution in [1.29, 1.82) is 0 Å². The molecule has 21 atom stereocenters. The van der Waals surface area contributed by atoms with Crippen LogP contribution in [0.2, 0.25) is 0 Å². The van der Waals surface area contributed by atoms with E-state index in [-0.39, 0.29) is 74.1 Å². The molecule has 2 aromatic rings. The van der Waals surface area contributed by atoms with E-state index in [9.17, 15) is 44.4 Å². The lowest BCUT2D eigenvalue weighted by Crippen LogP contribution is -2.61. The molecule has 3 heterocycles. The van der Waals surface area contributed by atoms with Crippen molar-refractivity contribution >= 4 is 29.2 Å². The molecule has 3 aliphatic heterocycles. The Bertz CT molecular complexity index is 3310. The van der Waals surface area contributed by atoms with E-state index in [1.165, 1.54) is 54.4 Å². The van der Waals surface area contributed by atoms with Gasteiger partial charge in [-0.1, -0.05) is 111 Å². The summed E-state index contributed by atoms with van der Waals surface area (Å²) in [6.45, 7) is 26.1. The molecule has 2 aromatic carbocycles. The van der Waals surface area contributed by atoms with Gasteiger partial charge in [0, 0.05) is 65.0 Å². The number of phenols is 1. The van der Waals surface area contributed by atoms with Gasteiger partial charge in [-0.25, -0.2) is 4.79 Å². The lowest BCUT2D eigenvalue weighted by molar-refractivity contribution is -0.265. The van der Waals surface area contributed by atoms with Crippen LogP contribution in [0.5, 0.6) is 17.2 Å². The molecule has 3 saturated carbocycles. The molecule has 0 radical (unpaired) electrons. The Morgan fingerprint density at radius 3 is 2.25 bits per heavy atom. The van der Waals surface area contributed by atoms with Gasteiger partial charge in [0.25, 0.3) is 11.7 Å². The fourth-order valence-electron chi connectivity index (χ4n) is 19.0. The number of nitrogens with zero attached hydrogens (tertiary/aromatic N) is 2. The number of amides is 1. The van der Waals surface area contributed by atoms with Crippen molar-refractivity contribution in [1.82, 2.24) is 9.80 Å². The number of hydrogen-bond acceptors (Lipinski definition) is 18. The lowest BCUT2D eigenvalue weighted by Gasteiger charge is -2.53. The third-order valence-electron chi connectivity index (χ3n) is 25.4. The van der Waals surface area contributed by atoms with Gasteiger partial charge in [-0.2, -0.15) is 0 Å². The van der Waals surface area contributed by atoms with E-state index < -0.39 is 77.8 Å². The molecule has 19 nitrogen and oxygen atoms in total. The molecule has 0 spiro atoms. The SMILES string of the molecule is CCN(CC)Cc1ccc(OCC[C@@H]2CC[C@H]3[C@H]4[C@H](CC[C@]23C)c2ccc(O)cc2C[C@@H]4C)c(OC)c1.CO[C@H]1C[C@@H]2CC[C@@H](C)[C@@](O)(O2)C(=O)C(=O)N2CCCC[C@H]2C(=O)O[C@H]([C@H](C)C[C@@H]2CC[C@@H](OCCO)[C@H](OC)C2)CC(=O)[C@H](C)/C=C(\C)[C@@H](O)[C@@H](OC)C(=O)[C@H](C)C[C@H](C)/C=C/C=C/C=C/1C. The number of Topliss-reactive ketones (excluding diaryl/α,β-unsaturated/α-hetero) is 3. The average molecular weight is 1460 g/mol. The molecule has 7 aliphatic rings. The first kappa shape index (κ1) is 85.0. The van der Waals surface area contributed by atoms with Crippen LogP contribution in [0.15, 0.2) is 84.0 Å². The van der Waals surface area contributed by atoms with E-state index in [0.29, 0.717) is 86.4 Å². The summed E-state index contributed by atoms with van der Waals surface area (Å²) in [6.07, 6.45) is 19.5. The molecule has 0 aromatic heterocycles. The summed E-state index contributed by atoms with van der Waals surface area (Å²) >= 11 is 0. The van der Waals surface area contributed by atoms with Gasteiger partial charge in [0.1, 0.15) is 35.9 Å². The molecule has 2 saturated heterocycles. The van der Waals surface area contributed by atoms with Crippen molar-refractivity contribution in [2.24, 2.45) is 64.6 Å². The average Bonchev–Trinajstić information content (AvgIpc) is 1.66. The van der Waals surface area contributed by atoms with Crippen LogP contribution in [0.3, 0.4) is 0 Å². The van der Waals surface area contributed by atoms with Crippen LogP contribution in [0.25, 0.3) is 0 Å². The van der Waals surface area contributed by atoms with E-state index in [2.05, 4.69) is 56.9 Å². The number of ketones is 3. The second-order valence-corrected chi connectivity index (χ2v) is 32.4. The summed E-state index contributed by atoms with van der Waals surface area (Å²) in [6, 6.07) is 11.4. The number of carbonyl (C=O) groups excluding carboxylic acids is 5. The zero-order chi connectivity index (χ0) is 76.4. The Labute approximate surface area is 627 Å². The van der Waals surface area contributed by atoms with Gasteiger partial charge in [0.2, 0.25) is 5.79 Å². The van der Waals surface area contributed by atoms with Crippen LogP contribution >= 0.6 is 0 Å². The molecule has 586 valence electrons. The lowest BCUT2D eigenvalue weighted by atomic mass is 9.51. The van der Waals surface area contributed by atoms with Gasteiger partial charge in [0.15, 0.2) is 17.3 Å². The first-order chi connectivity index (χ1) is 50.2. The largest absolute Gasteiger partial charge is 0.508 e. The van der Waals surface area contributed by atoms with Gasteiger partial charge < -0.3 is 63.2 Å². The molecule has 19 heteroatoms. The third-order valence-corrected chi connectivity index (χ3v) is 25.4. The molecule has 4 aliphatic carbocycles. The van der Waals surface area contributed by atoms with Crippen molar-refractivity contribution in [3.05, 3.63) is 101 Å². The maximum absolute atomic E-state index is 14.5. The standard InChI is InChI=1S/C53H83NO14.C33H47NO3/c1-32-16-12-11-13-17-33(2)44(63-8)30-40-21-19-38(7)53(62,68-40)50(59)51(60)54-23-15-14-18-41(54)52(61)67-45(35(4)28-39-20-22-43(66-25-24-55)46(29-39)64-9)31-42(56)34(3)27-37(6)48(58)49(65-10)47(57)36(5)26-32;1-6-34(7-2)21-23-8-13-30(31(19-23)36-5)37-17-15-25-9-12-29-32-22(3)18-24-20-26(35)10-11-27(24)28(32)14-16-33(25,29)4/h11-13,16-17,27,32,34-36,38-41,43-46,48-49,55,58,62H,14-15,18-26,28-31H2,1-10H3;8,10-11,13,19-20,22,25,28-29,32,35H,6-7,9,12,14-18,21H2,1-5H3/b13-11+,16-12+,33-17+,37-27+;/t32-,34-,35-,36-,38-,39+,40+,41+,43-,44+,45+,46-,48-,49+,53-;22-,25-,28+,29-,32+,33+/m10/s1. The molecule has 4 N–H and O–H groups in total. The van der Waals surface area contributed by atoms with Crippen LogP contribution in [-0.2, 0) is 65.4 Å². The Hall–Kier alpha value is -5.61. The predicted molar refractivity (Wildman–Crippen MR) is 406 cm³/mol. The maximum atomic E-state index is 14.5. The summed E-state index contributed by atoms with van der Waals surface area (Å²) in [5, 5.41) is 42.8. The van der Waals surface area contributed by atoms with Crippen LogP contribution in [-0.4, -0.2) is 182 Å². The van der Waals surface area contributed by atoms with Crippen molar-refractivity contribution in [3.63, 3.8) is 0 Å². The monoisotopic (exact) mass is 1460 g/mol. The smallest absolute Gasteiger partial charge is 0.329 e. The molecule has 5 fully saturated rings. The van der Waals surface area contributed by atoms with Crippen molar-refractivity contribution < 1.29 is 82.3 Å². The molecule has 2 bridgehead atoms. The number of allylic oxidation sites excluding steroid dienone is 6. The minimum atomic E-state index is -2.43. The summed E-state index contributed by atoms with van der Waals surface area (Å²) < 4.78 is 47.6. The summed E-state index contributed by atoms with van der Waals surface area (Å²) in [4.78, 5) is 74.5. The first-order valence-electron chi connectivity index (χ1n) is 39.7. The number of aliphatic hydroxyl groups excluding tert-OH is 2. The molecular formula is C86H130N2O17. The highest BCUT2D eigenvalue weighted by molar-refractivity contribution is 6.39. The van der Waals surface area contributed by atoms with Gasteiger partial charge in [-0.05, 0) is 235 Å². The number of aliphatic hydroxyl groups is 3. The van der Waals surface area contributed by atoms with Crippen molar-refractivity contribution in [3.8, 4) is 17.2 Å². The van der Waals surface area contributed by atoms with Crippen LogP contribution in [0, 0.1) is 64.6 Å². The second kappa shape index (κ2) is 39.7. The van der Waals surface area contributed by atoms with Crippen LogP contribution < -0.4 is 9.47 Å². The molecule has 105 heavy (non-hydrogen) atoms. The Balaban J connectivity index is 0.000000314. The minimum Gasteiger partial charge on any atom is -0.508 e. The highest BCUT2D eigenvalue weighted by Gasteiger charge is 2.57. The Morgan fingerprint density at radius 2 is 1.54 bits per heavy atom. The third kappa shape index (κ3) is 21.3. The number of aromatic hydroxyl groups is 1. The highest BCUT2D eigenvalue weighted by Crippen LogP contribution is 2.65. The Morgan fingerprint density at radius 1 is 0.781 bits per heavy atom.